The minimum Gasteiger partial charge on any atom is -0.354 e. The van der Waals surface area contributed by atoms with E-state index in [-0.39, 0.29) is 16.7 Å². The topological polar surface area (TPSA) is 29.1 Å². The Hall–Kier alpha value is -1.02. The van der Waals surface area contributed by atoms with E-state index < -0.39 is 0 Å². The molecule has 1 unspecified atom stereocenters. The van der Waals surface area contributed by atoms with Crippen molar-refractivity contribution in [3.63, 3.8) is 0 Å². The maximum Gasteiger partial charge on any atom is 0.224 e. The Balaban J connectivity index is 2.46. The highest BCUT2D eigenvalue weighted by atomic mass is 35.5. The molecule has 0 bridgehead atoms. The molecule has 1 aromatic rings. The second kappa shape index (κ2) is 7.12. The quantitative estimate of drug-likeness (QED) is 0.817. The van der Waals surface area contributed by atoms with Gasteiger partial charge in [0.25, 0.3) is 0 Å². The Labute approximate surface area is 127 Å². The Kier molecular flexibility index (Phi) is 6.07. The monoisotopic (exact) mass is 295 g/mol. The molecule has 0 aliphatic rings. The van der Waals surface area contributed by atoms with Crippen molar-refractivity contribution in [3.05, 3.63) is 34.9 Å². The average molecular weight is 296 g/mol. The molecule has 1 atom stereocenters. The number of amides is 1. The molecule has 3 heteroatoms. The first kappa shape index (κ1) is 17.0. The first-order chi connectivity index (χ1) is 9.17. The molecule has 0 fully saturated rings. The summed E-state index contributed by atoms with van der Waals surface area (Å²) < 4.78 is 0. The molecule has 0 aromatic heterocycles. The molecule has 0 saturated carbocycles. The number of carbonyl (C=O) groups is 1. The largest absolute Gasteiger partial charge is 0.354 e. The van der Waals surface area contributed by atoms with Crippen molar-refractivity contribution < 1.29 is 4.79 Å². The molecule has 112 valence electrons. The van der Waals surface area contributed by atoms with Gasteiger partial charge in [-0.1, -0.05) is 44.5 Å². The zero-order chi connectivity index (χ0) is 15.3. The summed E-state index contributed by atoms with van der Waals surface area (Å²) in [5, 5.41) is 2.91. The van der Waals surface area contributed by atoms with E-state index >= 15 is 0 Å². The van der Waals surface area contributed by atoms with Gasteiger partial charge in [-0.05, 0) is 36.8 Å². The molecular formula is C17H26ClNO. The molecule has 1 aromatic carbocycles. The zero-order valence-electron chi connectivity index (χ0n) is 13.2. The van der Waals surface area contributed by atoms with E-state index in [4.69, 9.17) is 11.6 Å². The van der Waals surface area contributed by atoms with Gasteiger partial charge < -0.3 is 5.32 Å². The van der Waals surface area contributed by atoms with E-state index in [2.05, 4.69) is 44.3 Å². The summed E-state index contributed by atoms with van der Waals surface area (Å²) in [5.41, 5.74) is 3.61. The third-order valence-corrected chi connectivity index (χ3v) is 3.52. The Bertz CT molecular complexity index is 463. The summed E-state index contributed by atoms with van der Waals surface area (Å²) in [6.07, 6.45) is 1.31. The molecule has 1 N–H and O–H groups in total. The fourth-order valence-corrected chi connectivity index (χ4v) is 2.73. The van der Waals surface area contributed by atoms with E-state index in [0.717, 1.165) is 17.5 Å². The van der Waals surface area contributed by atoms with Crippen LogP contribution in [0.4, 0.5) is 0 Å². The van der Waals surface area contributed by atoms with E-state index in [1.807, 2.05) is 13.8 Å². The van der Waals surface area contributed by atoms with Crippen LogP contribution in [0.2, 0.25) is 0 Å². The average Bonchev–Trinajstić information content (AvgIpc) is 2.29. The second-order valence-corrected chi connectivity index (χ2v) is 7.39. The smallest absolute Gasteiger partial charge is 0.224 e. The van der Waals surface area contributed by atoms with Gasteiger partial charge in [0.15, 0.2) is 0 Å². The van der Waals surface area contributed by atoms with Crippen LogP contribution in [-0.2, 0) is 11.2 Å². The Morgan fingerprint density at radius 2 is 1.95 bits per heavy atom. The van der Waals surface area contributed by atoms with Crippen LogP contribution in [0.5, 0.6) is 0 Å². The SMILES string of the molecule is Cc1ccc(C)c(CC(=O)NCC(Cl)CC(C)(C)C)c1. The fraction of sp³-hybridized carbons (Fsp3) is 0.588. The summed E-state index contributed by atoms with van der Waals surface area (Å²) in [5.74, 6) is 0.0401. The molecule has 0 saturated heterocycles. The molecule has 0 spiro atoms. The molecule has 2 nitrogen and oxygen atoms in total. The van der Waals surface area contributed by atoms with E-state index in [9.17, 15) is 4.79 Å². The van der Waals surface area contributed by atoms with Crippen molar-refractivity contribution in [1.82, 2.24) is 5.32 Å². The molecule has 0 heterocycles. The van der Waals surface area contributed by atoms with E-state index in [0.29, 0.717) is 13.0 Å². The lowest BCUT2D eigenvalue weighted by Gasteiger charge is -2.22. The van der Waals surface area contributed by atoms with Gasteiger partial charge in [0, 0.05) is 6.54 Å². The molecular weight excluding hydrogens is 270 g/mol. The van der Waals surface area contributed by atoms with Crippen molar-refractivity contribution in [2.24, 2.45) is 5.41 Å². The molecule has 1 amide bonds. The lowest BCUT2D eigenvalue weighted by atomic mass is 9.90. The summed E-state index contributed by atoms with van der Waals surface area (Å²) in [6, 6.07) is 6.19. The van der Waals surface area contributed by atoms with Crippen molar-refractivity contribution in [2.45, 2.75) is 52.8 Å². The van der Waals surface area contributed by atoms with Crippen molar-refractivity contribution >= 4 is 17.5 Å². The minimum absolute atomic E-state index is 0.0162. The predicted octanol–water partition coefficient (Wildman–Crippen LogP) is 4.01. The number of hydrogen-bond donors (Lipinski definition) is 1. The minimum atomic E-state index is -0.0162. The maximum absolute atomic E-state index is 12.0. The second-order valence-electron chi connectivity index (χ2n) is 6.77. The van der Waals surface area contributed by atoms with Crippen LogP contribution in [0.25, 0.3) is 0 Å². The number of aryl methyl sites for hydroxylation is 2. The normalized spacial score (nSPS) is 13.1. The van der Waals surface area contributed by atoms with Gasteiger partial charge in [-0.2, -0.15) is 0 Å². The van der Waals surface area contributed by atoms with Crippen LogP contribution >= 0.6 is 11.6 Å². The fourth-order valence-electron chi connectivity index (χ4n) is 2.19. The first-order valence-electron chi connectivity index (χ1n) is 7.14. The zero-order valence-corrected chi connectivity index (χ0v) is 14.0. The maximum atomic E-state index is 12.0. The summed E-state index contributed by atoms with van der Waals surface area (Å²) in [6.45, 7) is 11.1. The van der Waals surface area contributed by atoms with Gasteiger partial charge in [-0.25, -0.2) is 0 Å². The van der Waals surface area contributed by atoms with Gasteiger partial charge in [-0.3, -0.25) is 4.79 Å². The van der Waals surface area contributed by atoms with Gasteiger partial charge in [0.1, 0.15) is 0 Å². The van der Waals surface area contributed by atoms with Gasteiger partial charge in [0.05, 0.1) is 11.8 Å². The lowest BCUT2D eigenvalue weighted by Crippen LogP contribution is -2.32. The highest BCUT2D eigenvalue weighted by Crippen LogP contribution is 2.23. The molecule has 0 radical (unpaired) electrons. The van der Waals surface area contributed by atoms with Crippen LogP contribution in [0.3, 0.4) is 0 Å². The third kappa shape index (κ3) is 6.42. The lowest BCUT2D eigenvalue weighted by molar-refractivity contribution is -0.120. The van der Waals surface area contributed by atoms with Crippen LogP contribution in [0.15, 0.2) is 18.2 Å². The van der Waals surface area contributed by atoms with Crippen LogP contribution in [0.1, 0.15) is 43.9 Å². The van der Waals surface area contributed by atoms with Crippen molar-refractivity contribution in [2.75, 3.05) is 6.54 Å². The van der Waals surface area contributed by atoms with E-state index in [1.165, 1.54) is 5.56 Å². The third-order valence-electron chi connectivity index (χ3n) is 3.21. The van der Waals surface area contributed by atoms with Crippen molar-refractivity contribution in [1.29, 1.82) is 0 Å². The highest BCUT2D eigenvalue weighted by molar-refractivity contribution is 6.20. The number of rotatable bonds is 5. The number of benzene rings is 1. The highest BCUT2D eigenvalue weighted by Gasteiger charge is 2.17. The Morgan fingerprint density at radius 1 is 1.30 bits per heavy atom. The number of nitrogens with one attached hydrogen (secondary N) is 1. The number of halogens is 1. The van der Waals surface area contributed by atoms with Gasteiger partial charge >= 0.3 is 0 Å². The number of alkyl halides is 1. The molecule has 0 aliphatic heterocycles. The molecule has 0 aliphatic carbocycles. The predicted molar refractivity (Wildman–Crippen MR) is 86.3 cm³/mol. The van der Waals surface area contributed by atoms with Crippen molar-refractivity contribution in [3.8, 4) is 0 Å². The summed E-state index contributed by atoms with van der Waals surface area (Å²) in [7, 11) is 0. The van der Waals surface area contributed by atoms with Gasteiger partial charge in [-0.15, -0.1) is 11.6 Å². The molecule has 20 heavy (non-hydrogen) atoms. The Morgan fingerprint density at radius 3 is 2.55 bits per heavy atom. The van der Waals surface area contributed by atoms with E-state index in [1.54, 1.807) is 0 Å². The van der Waals surface area contributed by atoms with Crippen LogP contribution < -0.4 is 5.32 Å². The summed E-state index contributed by atoms with van der Waals surface area (Å²) >= 11 is 6.25. The first-order valence-corrected chi connectivity index (χ1v) is 7.58. The van der Waals surface area contributed by atoms with Gasteiger partial charge in [0.2, 0.25) is 5.91 Å². The summed E-state index contributed by atoms with van der Waals surface area (Å²) in [4.78, 5) is 12.0. The molecule has 1 rings (SSSR count). The standard InChI is InChI=1S/C17H26ClNO/c1-12-6-7-13(2)14(8-12)9-16(20)19-11-15(18)10-17(3,4)5/h6-8,15H,9-11H2,1-5H3,(H,19,20). The number of carbonyl (C=O) groups excluding carboxylic acids is 1. The number of hydrogen-bond acceptors (Lipinski definition) is 1. The van der Waals surface area contributed by atoms with Crippen LogP contribution in [-0.4, -0.2) is 17.8 Å². The van der Waals surface area contributed by atoms with Crippen LogP contribution in [0, 0.1) is 19.3 Å².